The van der Waals surface area contributed by atoms with E-state index in [1.54, 1.807) is 7.11 Å². The number of nitrogens with one attached hydrogen (secondary N) is 2. The molecule has 0 fully saturated rings. The van der Waals surface area contributed by atoms with Crippen LogP contribution in [0.25, 0.3) is 0 Å². The zero-order valence-electron chi connectivity index (χ0n) is 11.4. The molecule has 0 aliphatic carbocycles. The number of carbonyl (C=O) groups excluding carboxylic acids is 1. The second-order valence-corrected chi connectivity index (χ2v) is 4.82. The normalized spacial score (nSPS) is 16.9. The molecule has 20 heavy (non-hydrogen) atoms. The molecule has 4 nitrogen and oxygen atoms in total. The van der Waals surface area contributed by atoms with Gasteiger partial charge in [0, 0.05) is 0 Å². The third-order valence-electron chi connectivity index (χ3n) is 3.51. The molecule has 0 spiro atoms. The van der Waals surface area contributed by atoms with E-state index in [0.29, 0.717) is 5.56 Å². The molecule has 1 atom stereocenters. The molecule has 1 heterocycles. The molecular formula is C16H16N2O2. The number of aryl methyl sites for hydroxylation is 1. The van der Waals surface area contributed by atoms with Gasteiger partial charge in [-0.15, -0.1) is 0 Å². The predicted octanol–water partition coefficient (Wildman–Crippen LogP) is 2.86. The first-order valence-corrected chi connectivity index (χ1v) is 6.50. The number of hydrogen-bond donors (Lipinski definition) is 2. The smallest absolute Gasteiger partial charge is 0.255 e. The van der Waals surface area contributed by atoms with Crippen molar-refractivity contribution in [2.24, 2.45) is 0 Å². The SMILES string of the molecule is COc1cccc(C2NC(=O)c3cccc(C)c3N2)c1. The molecule has 2 aromatic rings. The summed E-state index contributed by atoms with van der Waals surface area (Å²) in [7, 11) is 1.63. The number of benzene rings is 2. The molecule has 102 valence electrons. The summed E-state index contributed by atoms with van der Waals surface area (Å²) < 4.78 is 5.23. The minimum Gasteiger partial charge on any atom is -0.497 e. The lowest BCUT2D eigenvalue weighted by atomic mass is 10.0. The molecule has 3 rings (SSSR count). The standard InChI is InChI=1S/C16H16N2O2/c1-10-5-3-8-13-14(10)17-15(18-16(13)19)11-6-4-7-12(9-11)20-2/h3-9,15,17H,1-2H3,(H,18,19). The Morgan fingerprint density at radius 3 is 2.70 bits per heavy atom. The quantitative estimate of drug-likeness (QED) is 0.880. The number of rotatable bonds is 2. The van der Waals surface area contributed by atoms with E-state index >= 15 is 0 Å². The van der Waals surface area contributed by atoms with Gasteiger partial charge in [-0.2, -0.15) is 0 Å². The van der Waals surface area contributed by atoms with Crippen LogP contribution < -0.4 is 15.4 Å². The van der Waals surface area contributed by atoms with Crippen LogP contribution in [0.3, 0.4) is 0 Å². The summed E-state index contributed by atoms with van der Waals surface area (Å²) in [5, 5.41) is 6.34. The van der Waals surface area contributed by atoms with E-state index in [1.165, 1.54) is 0 Å². The van der Waals surface area contributed by atoms with E-state index in [-0.39, 0.29) is 12.1 Å². The summed E-state index contributed by atoms with van der Waals surface area (Å²) in [6.45, 7) is 1.99. The van der Waals surface area contributed by atoms with Crippen LogP contribution in [0.2, 0.25) is 0 Å². The predicted molar refractivity (Wildman–Crippen MR) is 78.0 cm³/mol. The number of para-hydroxylation sites is 1. The first kappa shape index (κ1) is 12.5. The minimum atomic E-state index is -0.244. The van der Waals surface area contributed by atoms with Gasteiger partial charge in [-0.1, -0.05) is 24.3 Å². The maximum atomic E-state index is 12.2. The Hall–Kier alpha value is -2.49. The minimum absolute atomic E-state index is 0.0599. The molecule has 2 aromatic carbocycles. The van der Waals surface area contributed by atoms with Gasteiger partial charge in [0.2, 0.25) is 0 Å². The molecule has 0 bridgehead atoms. The first-order chi connectivity index (χ1) is 9.69. The van der Waals surface area contributed by atoms with E-state index in [4.69, 9.17) is 4.74 Å². The molecule has 1 amide bonds. The second kappa shape index (κ2) is 4.89. The van der Waals surface area contributed by atoms with Crippen LogP contribution in [0, 0.1) is 6.92 Å². The Morgan fingerprint density at radius 1 is 1.10 bits per heavy atom. The number of fused-ring (bicyclic) bond motifs is 1. The van der Waals surface area contributed by atoms with Gasteiger partial charge >= 0.3 is 0 Å². The number of carbonyl (C=O) groups is 1. The molecule has 0 aromatic heterocycles. The van der Waals surface area contributed by atoms with Gasteiger partial charge in [-0.3, -0.25) is 4.79 Å². The number of anilines is 1. The van der Waals surface area contributed by atoms with E-state index in [1.807, 2.05) is 49.4 Å². The summed E-state index contributed by atoms with van der Waals surface area (Å²) in [5.74, 6) is 0.712. The van der Waals surface area contributed by atoms with Crippen molar-refractivity contribution in [3.05, 3.63) is 59.2 Å². The highest BCUT2D eigenvalue weighted by Gasteiger charge is 2.25. The van der Waals surface area contributed by atoms with Crippen LogP contribution in [0.5, 0.6) is 5.75 Å². The van der Waals surface area contributed by atoms with Crippen LogP contribution in [0.1, 0.15) is 27.7 Å². The largest absolute Gasteiger partial charge is 0.497 e. The fourth-order valence-electron chi connectivity index (χ4n) is 2.43. The summed E-state index contributed by atoms with van der Waals surface area (Å²) in [6.07, 6.45) is -0.244. The van der Waals surface area contributed by atoms with Crippen molar-refractivity contribution >= 4 is 11.6 Å². The third-order valence-corrected chi connectivity index (χ3v) is 3.51. The molecule has 0 saturated heterocycles. The molecular weight excluding hydrogens is 252 g/mol. The van der Waals surface area contributed by atoms with E-state index in [9.17, 15) is 4.79 Å². The Balaban J connectivity index is 1.98. The highest BCUT2D eigenvalue weighted by atomic mass is 16.5. The van der Waals surface area contributed by atoms with Crippen molar-refractivity contribution in [1.82, 2.24) is 5.32 Å². The average molecular weight is 268 g/mol. The zero-order chi connectivity index (χ0) is 14.1. The summed E-state index contributed by atoms with van der Waals surface area (Å²) in [6, 6.07) is 13.4. The molecule has 1 aliphatic heterocycles. The Morgan fingerprint density at radius 2 is 1.90 bits per heavy atom. The van der Waals surface area contributed by atoms with Gasteiger partial charge in [0.1, 0.15) is 11.9 Å². The lowest BCUT2D eigenvalue weighted by Crippen LogP contribution is -2.38. The van der Waals surface area contributed by atoms with E-state index in [0.717, 1.165) is 22.6 Å². The monoisotopic (exact) mass is 268 g/mol. The molecule has 2 N–H and O–H groups in total. The van der Waals surface area contributed by atoms with Crippen LogP contribution >= 0.6 is 0 Å². The highest BCUT2D eigenvalue weighted by Crippen LogP contribution is 2.30. The van der Waals surface area contributed by atoms with Gasteiger partial charge in [-0.05, 0) is 36.2 Å². The molecule has 0 radical (unpaired) electrons. The maximum absolute atomic E-state index is 12.2. The van der Waals surface area contributed by atoms with Gasteiger partial charge in [0.15, 0.2) is 0 Å². The van der Waals surface area contributed by atoms with Crippen LogP contribution in [0.4, 0.5) is 5.69 Å². The Kier molecular flexibility index (Phi) is 3.06. The van der Waals surface area contributed by atoms with Crippen molar-refractivity contribution in [2.75, 3.05) is 12.4 Å². The van der Waals surface area contributed by atoms with Crippen LogP contribution in [-0.2, 0) is 0 Å². The number of hydrogen-bond acceptors (Lipinski definition) is 3. The fraction of sp³-hybridized carbons (Fsp3) is 0.188. The van der Waals surface area contributed by atoms with Crippen LogP contribution in [0.15, 0.2) is 42.5 Å². The van der Waals surface area contributed by atoms with Crippen molar-refractivity contribution in [3.8, 4) is 5.75 Å². The summed E-state index contributed by atoms with van der Waals surface area (Å²) in [4.78, 5) is 12.2. The number of ether oxygens (including phenoxy) is 1. The topological polar surface area (TPSA) is 50.4 Å². The number of methoxy groups -OCH3 is 1. The van der Waals surface area contributed by atoms with Crippen molar-refractivity contribution in [1.29, 1.82) is 0 Å². The first-order valence-electron chi connectivity index (χ1n) is 6.50. The highest BCUT2D eigenvalue weighted by molar-refractivity contribution is 6.02. The third kappa shape index (κ3) is 2.09. The summed E-state index contributed by atoms with van der Waals surface area (Å²) in [5.41, 5.74) is 3.60. The van der Waals surface area contributed by atoms with Gasteiger partial charge < -0.3 is 15.4 Å². The lowest BCUT2D eigenvalue weighted by Gasteiger charge is -2.29. The van der Waals surface area contributed by atoms with Gasteiger partial charge in [0.25, 0.3) is 5.91 Å². The zero-order valence-corrected chi connectivity index (χ0v) is 11.4. The van der Waals surface area contributed by atoms with Crippen LogP contribution in [-0.4, -0.2) is 13.0 Å². The molecule has 0 saturated carbocycles. The molecule has 1 aliphatic rings. The molecule has 4 heteroatoms. The van der Waals surface area contributed by atoms with Gasteiger partial charge in [0.05, 0.1) is 18.4 Å². The maximum Gasteiger partial charge on any atom is 0.255 e. The number of amides is 1. The fourth-order valence-corrected chi connectivity index (χ4v) is 2.43. The Labute approximate surface area is 117 Å². The van der Waals surface area contributed by atoms with Crippen molar-refractivity contribution < 1.29 is 9.53 Å². The van der Waals surface area contributed by atoms with E-state index in [2.05, 4.69) is 10.6 Å². The van der Waals surface area contributed by atoms with Crippen molar-refractivity contribution in [3.63, 3.8) is 0 Å². The second-order valence-electron chi connectivity index (χ2n) is 4.82. The summed E-state index contributed by atoms with van der Waals surface area (Å²) >= 11 is 0. The van der Waals surface area contributed by atoms with E-state index < -0.39 is 0 Å². The van der Waals surface area contributed by atoms with Gasteiger partial charge in [-0.25, -0.2) is 0 Å². The Bertz CT molecular complexity index is 667. The molecule has 1 unspecified atom stereocenters. The van der Waals surface area contributed by atoms with Crippen molar-refractivity contribution in [2.45, 2.75) is 13.1 Å². The average Bonchev–Trinajstić information content (AvgIpc) is 2.48. The lowest BCUT2D eigenvalue weighted by molar-refractivity contribution is 0.0935.